The molecule has 0 spiro atoms. The molecule has 0 fully saturated rings. The molecule has 0 aromatic heterocycles. The molecule has 0 saturated carbocycles. The predicted molar refractivity (Wildman–Crippen MR) is 78.8 cm³/mol. The lowest BCUT2D eigenvalue weighted by atomic mass is 10.1. The van der Waals surface area contributed by atoms with Gasteiger partial charge in [0.25, 0.3) is 0 Å². The first-order valence-electron chi connectivity index (χ1n) is 6.29. The minimum atomic E-state index is 0.178. The highest BCUT2D eigenvalue weighted by atomic mass is 32.2. The summed E-state index contributed by atoms with van der Waals surface area (Å²) in [7, 11) is 0. The molecular formula is C15H25NS. The van der Waals surface area contributed by atoms with E-state index < -0.39 is 0 Å². The SMILES string of the molecule is Cc1cc(SC(C)C)ccc1CNC(C)(C)C. The lowest BCUT2D eigenvalue weighted by molar-refractivity contribution is 0.424. The third-order valence-corrected chi connectivity index (χ3v) is 3.49. The first-order chi connectivity index (χ1) is 7.78. The van der Waals surface area contributed by atoms with Crippen LogP contribution in [0.4, 0.5) is 0 Å². The summed E-state index contributed by atoms with van der Waals surface area (Å²) in [6.45, 7) is 14.2. The van der Waals surface area contributed by atoms with E-state index >= 15 is 0 Å². The van der Waals surface area contributed by atoms with Crippen LogP contribution in [0.15, 0.2) is 23.1 Å². The van der Waals surface area contributed by atoms with Crippen molar-refractivity contribution in [3.8, 4) is 0 Å². The summed E-state index contributed by atoms with van der Waals surface area (Å²) < 4.78 is 0. The van der Waals surface area contributed by atoms with Crippen LogP contribution in [0, 0.1) is 6.92 Å². The van der Waals surface area contributed by atoms with Gasteiger partial charge in [-0.2, -0.15) is 0 Å². The molecule has 1 aromatic rings. The minimum absolute atomic E-state index is 0.178. The molecule has 0 aliphatic carbocycles. The van der Waals surface area contributed by atoms with Crippen LogP contribution < -0.4 is 5.32 Å². The number of aryl methyl sites for hydroxylation is 1. The maximum atomic E-state index is 3.53. The molecule has 1 rings (SSSR count). The zero-order valence-corrected chi connectivity index (χ0v) is 12.7. The van der Waals surface area contributed by atoms with E-state index in [2.05, 4.69) is 65.1 Å². The molecule has 1 N–H and O–H groups in total. The summed E-state index contributed by atoms with van der Waals surface area (Å²) in [4.78, 5) is 1.37. The van der Waals surface area contributed by atoms with Gasteiger partial charge in [0, 0.05) is 22.2 Å². The Morgan fingerprint density at radius 3 is 2.35 bits per heavy atom. The van der Waals surface area contributed by atoms with E-state index in [1.54, 1.807) is 0 Å². The van der Waals surface area contributed by atoms with Crippen LogP contribution >= 0.6 is 11.8 Å². The van der Waals surface area contributed by atoms with E-state index in [0.717, 1.165) is 6.54 Å². The first-order valence-corrected chi connectivity index (χ1v) is 7.17. The van der Waals surface area contributed by atoms with Gasteiger partial charge in [-0.1, -0.05) is 19.9 Å². The van der Waals surface area contributed by atoms with Crippen LogP contribution in [-0.4, -0.2) is 10.8 Å². The van der Waals surface area contributed by atoms with Crippen LogP contribution in [0.5, 0.6) is 0 Å². The molecule has 0 bridgehead atoms. The van der Waals surface area contributed by atoms with Crippen molar-refractivity contribution in [2.24, 2.45) is 0 Å². The zero-order valence-electron chi connectivity index (χ0n) is 11.9. The third kappa shape index (κ3) is 5.60. The van der Waals surface area contributed by atoms with Crippen LogP contribution in [0.3, 0.4) is 0 Å². The Hall–Kier alpha value is -0.470. The number of nitrogens with one attached hydrogen (secondary N) is 1. The topological polar surface area (TPSA) is 12.0 Å². The maximum Gasteiger partial charge on any atom is 0.0212 e. The van der Waals surface area contributed by atoms with Crippen LogP contribution in [0.25, 0.3) is 0 Å². The number of thioether (sulfide) groups is 1. The molecule has 96 valence electrons. The van der Waals surface area contributed by atoms with Gasteiger partial charge in [-0.3, -0.25) is 0 Å². The average molecular weight is 251 g/mol. The lowest BCUT2D eigenvalue weighted by Crippen LogP contribution is -2.35. The largest absolute Gasteiger partial charge is 0.308 e. The lowest BCUT2D eigenvalue weighted by Gasteiger charge is -2.21. The fourth-order valence-corrected chi connectivity index (χ4v) is 2.51. The molecule has 0 aliphatic rings. The molecule has 0 unspecified atom stereocenters. The Labute approximate surface area is 110 Å². The second-order valence-corrected chi connectivity index (χ2v) is 7.51. The Bertz CT molecular complexity index is 364. The normalized spacial score (nSPS) is 12.2. The Morgan fingerprint density at radius 2 is 1.88 bits per heavy atom. The van der Waals surface area contributed by atoms with Gasteiger partial charge in [0.1, 0.15) is 0 Å². The van der Waals surface area contributed by atoms with E-state index in [1.807, 2.05) is 11.8 Å². The molecule has 0 heterocycles. The molecule has 1 nitrogen and oxygen atoms in total. The number of hydrogen-bond donors (Lipinski definition) is 1. The monoisotopic (exact) mass is 251 g/mol. The zero-order chi connectivity index (χ0) is 13.1. The van der Waals surface area contributed by atoms with Gasteiger partial charge in [-0.15, -0.1) is 11.8 Å². The van der Waals surface area contributed by atoms with Crippen LogP contribution in [0.1, 0.15) is 45.7 Å². The highest BCUT2D eigenvalue weighted by Crippen LogP contribution is 2.25. The van der Waals surface area contributed by atoms with E-state index in [0.29, 0.717) is 5.25 Å². The van der Waals surface area contributed by atoms with Crippen molar-refractivity contribution in [2.75, 3.05) is 0 Å². The summed E-state index contributed by atoms with van der Waals surface area (Å²) in [6.07, 6.45) is 0. The summed E-state index contributed by atoms with van der Waals surface area (Å²) >= 11 is 1.92. The fraction of sp³-hybridized carbons (Fsp3) is 0.600. The number of benzene rings is 1. The quantitative estimate of drug-likeness (QED) is 0.797. The second-order valence-electron chi connectivity index (χ2n) is 5.86. The summed E-state index contributed by atoms with van der Waals surface area (Å²) in [6, 6.07) is 6.78. The highest BCUT2D eigenvalue weighted by Gasteiger charge is 2.09. The van der Waals surface area contributed by atoms with Crippen molar-refractivity contribution in [1.29, 1.82) is 0 Å². The molecule has 0 amide bonds. The second kappa shape index (κ2) is 5.92. The van der Waals surface area contributed by atoms with Crippen molar-refractivity contribution in [2.45, 2.75) is 63.8 Å². The van der Waals surface area contributed by atoms with Gasteiger partial charge < -0.3 is 5.32 Å². The molecule has 0 saturated heterocycles. The number of hydrogen-bond acceptors (Lipinski definition) is 2. The van der Waals surface area contributed by atoms with E-state index in [-0.39, 0.29) is 5.54 Å². The molecule has 0 radical (unpaired) electrons. The third-order valence-electron chi connectivity index (χ3n) is 2.50. The Balaban J connectivity index is 2.69. The minimum Gasteiger partial charge on any atom is -0.308 e. The van der Waals surface area contributed by atoms with Gasteiger partial charge in [-0.25, -0.2) is 0 Å². The van der Waals surface area contributed by atoms with Gasteiger partial charge >= 0.3 is 0 Å². The van der Waals surface area contributed by atoms with Gasteiger partial charge in [-0.05, 0) is 51.0 Å². The molecule has 17 heavy (non-hydrogen) atoms. The van der Waals surface area contributed by atoms with Gasteiger partial charge in [0.15, 0.2) is 0 Å². The average Bonchev–Trinajstić information content (AvgIpc) is 2.13. The first kappa shape index (κ1) is 14.6. The molecule has 0 atom stereocenters. The van der Waals surface area contributed by atoms with Crippen molar-refractivity contribution in [3.63, 3.8) is 0 Å². The summed E-state index contributed by atoms with van der Waals surface area (Å²) in [5, 5.41) is 4.18. The van der Waals surface area contributed by atoms with Crippen molar-refractivity contribution >= 4 is 11.8 Å². The van der Waals surface area contributed by atoms with Crippen molar-refractivity contribution in [3.05, 3.63) is 29.3 Å². The Morgan fingerprint density at radius 1 is 1.24 bits per heavy atom. The smallest absolute Gasteiger partial charge is 0.0212 e. The summed E-state index contributed by atoms with van der Waals surface area (Å²) in [5.74, 6) is 0. The van der Waals surface area contributed by atoms with Crippen molar-refractivity contribution < 1.29 is 0 Å². The van der Waals surface area contributed by atoms with Gasteiger partial charge in [0.05, 0.1) is 0 Å². The van der Waals surface area contributed by atoms with E-state index in [9.17, 15) is 0 Å². The van der Waals surface area contributed by atoms with Crippen LogP contribution in [-0.2, 0) is 6.54 Å². The molecule has 1 aromatic carbocycles. The standard InChI is InChI=1S/C15H25NS/c1-11(2)17-14-8-7-13(12(3)9-14)10-16-15(4,5)6/h7-9,11,16H,10H2,1-6H3. The fourth-order valence-electron chi connectivity index (χ4n) is 1.57. The van der Waals surface area contributed by atoms with E-state index in [4.69, 9.17) is 0 Å². The predicted octanol–water partition coefficient (Wildman–Crippen LogP) is 4.38. The number of rotatable bonds is 4. The maximum absolute atomic E-state index is 3.53. The summed E-state index contributed by atoms with van der Waals surface area (Å²) in [5.41, 5.74) is 2.96. The van der Waals surface area contributed by atoms with Gasteiger partial charge in [0.2, 0.25) is 0 Å². The van der Waals surface area contributed by atoms with Crippen molar-refractivity contribution in [1.82, 2.24) is 5.32 Å². The highest BCUT2D eigenvalue weighted by molar-refractivity contribution is 7.99. The molecular weight excluding hydrogens is 226 g/mol. The van der Waals surface area contributed by atoms with Crippen LogP contribution in [0.2, 0.25) is 0 Å². The van der Waals surface area contributed by atoms with E-state index in [1.165, 1.54) is 16.0 Å². The molecule has 0 aliphatic heterocycles. The Kier molecular flexibility index (Phi) is 5.08. The molecule has 2 heteroatoms.